The number of benzene rings is 1. The molecule has 1 heterocycles. The Morgan fingerprint density at radius 1 is 1.17 bits per heavy atom. The van der Waals surface area contributed by atoms with Gasteiger partial charge >= 0.3 is 0 Å². The molecule has 2 rings (SSSR count). The van der Waals surface area contributed by atoms with Gasteiger partial charge < -0.3 is 4.74 Å². The number of hydrogen-bond acceptors (Lipinski definition) is 3. The molecule has 4 nitrogen and oxygen atoms in total. The molecule has 0 aliphatic rings. The number of nitrogens with zero attached hydrogens (tertiary/aromatic N) is 1. The van der Waals surface area contributed by atoms with Crippen molar-refractivity contribution in [2.75, 3.05) is 0 Å². The van der Waals surface area contributed by atoms with Crippen molar-refractivity contribution < 1.29 is 4.74 Å². The lowest BCUT2D eigenvalue weighted by Gasteiger charge is -2.19. The summed E-state index contributed by atoms with van der Waals surface area (Å²) in [6, 6.07) is 9.20. The summed E-state index contributed by atoms with van der Waals surface area (Å²) >= 11 is 0. The van der Waals surface area contributed by atoms with Gasteiger partial charge in [0, 0.05) is 6.07 Å². The number of hydrogen-bond donors (Lipinski definition) is 1. The van der Waals surface area contributed by atoms with Crippen LogP contribution in [0.15, 0.2) is 41.3 Å². The van der Waals surface area contributed by atoms with E-state index in [1.807, 2.05) is 18.2 Å². The molecular weight excluding hydrogens is 228 g/mol. The molecule has 0 spiro atoms. The van der Waals surface area contributed by atoms with E-state index < -0.39 is 0 Å². The van der Waals surface area contributed by atoms with E-state index in [4.69, 9.17) is 4.74 Å². The Kier molecular flexibility index (Phi) is 3.19. The van der Waals surface area contributed by atoms with Crippen molar-refractivity contribution in [2.45, 2.75) is 26.2 Å². The van der Waals surface area contributed by atoms with Gasteiger partial charge in [-0.1, -0.05) is 32.9 Å². The third kappa shape index (κ3) is 2.97. The minimum Gasteiger partial charge on any atom is -0.455 e. The predicted molar refractivity (Wildman–Crippen MR) is 70.1 cm³/mol. The zero-order valence-electron chi connectivity index (χ0n) is 10.7. The quantitative estimate of drug-likeness (QED) is 0.883. The van der Waals surface area contributed by atoms with E-state index in [0.717, 1.165) is 0 Å². The van der Waals surface area contributed by atoms with Gasteiger partial charge in [-0.05, 0) is 23.1 Å². The molecule has 0 amide bonds. The Bertz CT molecular complexity index is 597. The van der Waals surface area contributed by atoms with E-state index in [9.17, 15) is 4.79 Å². The number of nitrogens with one attached hydrogen (secondary N) is 1. The van der Waals surface area contributed by atoms with Crippen LogP contribution >= 0.6 is 0 Å². The molecule has 94 valence electrons. The Morgan fingerprint density at radius 2 is 1.94 bits per heavy atom. The normalized spacial score (nSPS) is 11.3. The number of ether oxygens (including phenoxy) is 1. The van der Waals surface area contributed by atoms with Crippen molar-refractivity contribution in [3.8, 4) is 11.5 Å². The molecule has 18 heavy (non-hydrogen) atoms. The molecule has 0 radical (unpaired) electrons. The predicted octanol–water partition coefficient (Wildman–Crippen LogP) is 2.86. The van der Waals surface area contributed by atoms with E-state index in [1.165, 1.54) is 17.8 Å². The van der Waals surface area contributed by atoms with Gasteiger partial charge in [-0.25, -0.2) is 5.10 Å². The first-order valence-corrected chi connectivity index (χ1v) is 5.78. The minimum absolute atomic E-state index is 0.0613. The number of rotatable bonds is 2. The maximum atomic E-state index is 11.1. The third-order valence-electron chi connectivity index (χ3n) is 2.58. The summed E-state index contributed by atoms with van der Waals surface area (Å²) in [6.07, 6.45) is 1.48. The van der Waals surface area contributed by atoms with Crippen LogP contribution in [-0.4, -0.2) is 10.2 Å². The SMILES string of the molecule is CC(C)(C)c1cccc(Oc2cn[nH]c(=O)c2)c1. The fourth-order valence-electron chi connectivity index (χ4n) is 1.58. The number of aromatic nitrogens is 2. The Hall–Kier alpha value is -2.10. The van der Waals surface area contributed by atoms with Crippen LogP contribution in [0.1, 0.15) is 26.3 Å². The largest absolute Gasteiger partial charge is 0.455 e. The lowest BCUT2D eigenvalue weighted by Crippen LogP contribution is -2.10. The zero-order valence-corrected chi connectivity index (χ0v) is 10.7. The third-order valence-corrected chi connectivity index (χ3v) is 2.58. The standard InChI is InChI=1S/C14H16N2O2/c1-14(2,3)10-5-4-6-11(7-10)18-12-8-13(17)16-15-9-12/h4-9H,1-3H3,(H,16,17). The van der Waals surface area contributed by atoms with Gasteiger partial charge in [0.25, 0.3) is 5.56 Å². The van der Waals surface area contributed by atoms with Crippen molar-refractivity contribution in [3.05, 3.63) is 52.4 Å². The van der Waals surface area contributed by atoms with Crippen LogP contribution in [0, 0.1) is 0 Å². The maximum Gasteiger partial charge on any atom is 0.267 e. The molecule has 0 fully saturated rings. The van der Waals surface area contributed by atoms with Gasteiger partial charge in [0.05, 0.1) is 6.20 Å². The topological polar surface area (TPSA) is 55.0 Å². The van der Waals surface area contributed by atoms with Crippen molar-refractivity contribution in [1.82, 2.24) is 10.2 Å². The van der Waals surface area contributed by atoms with Crippen LogP contribution in [0.5, 0.6) is 11.5 Å². The van der Waals surface area contributed by atoms with Crippen LogP contribution in [0.2, 0.25) is 0 Å². The summed E-state index contributed by atoms with van der Waals surface area (Å²) < 4.78 is 5.61. The van der Waals surface area contributed by atoms with Gasteiger partial charge in [0.1, 0.15) is 5.75 Å². The molecule has 1 N–H and O–H groups in total. The smallest absolute Gasteiger partial charge is 0.267 e. The zero-order chi connectivity index (χ0) is 13.2. The molecule has 0 unspecified atom stereocenters. The van der Waals surface area contributed by atoms with E-state index in [0.29, 0.717) is 11.5 Å². The first-order chi connectivity index (χ1) is 8.45. The summed E-state index contributed by atoms with van der Waals surface area (Å²) in [5, 5.41) is 6.00. The molecule has 1 aromatic carbocycles. The van der Waals surface area contributed by atoms with E-state index >= 15 is 0 Å². The van der Waals surface area contributed by atoms with Gasteiger partial charge in [0.15, 0.2) is 5.75 Å². The molecule has 4 heteroatoms. The molecular formula is C14H16N2O2. The molecule has 0 saturated carbocycles. The van der Waals surface area contributed by atoms with Crippen molar-refractivity contribution in [2.24, 2.45) is 0 Å². The van der Waals surface area contributed by atoms with Gasteiger partial charge in [0.2, 0.25) is 0 Å². The highest BCUT2D eigenvalue weighted by molar-refractivity contribution is 5.35. The maximum absolute atomic E-state index is 11.1. The van der Waals surface area contributed by atoms with Crippen molar-refractivity contribution in [1.29, 1.82) is 0 Å². The van der Waals surface area contributed by atoms with Crippen LogP contribution in [-0.2, 0) is 5.41 Å². The summed E-state index contributed by atoms with van der Waals surface area (Å²) in [7, 11) is 0. The second kappa shape index (κ2) is 4.64. The van der Waals surface area contributed by atoms with E-state index in [2.05, 4.69) is 37.0 Å². The highest BCUT2D eigenvalue weighted by Crippen LogP contribution is 2.27. The number of H-pyrrole nitrogens is 1. The monoisotopic (exact) mass is 244 g/mol. The first kappa shape index (κ1) is 12.4. The number of aromatic amines is 1. The first-order valence-electron chi connectivity index (χ1n) is 5.78. The fourth-order valence-corrected chi connectivity index (χ4v) is 1.58. The van der Waals surface area contributed by atoms with E-state index in [-0.39, 0.29) is 11.0 Å². The van der Waals surface area contributed by atoms with Crippen LogP contribution in [0.4, 0.5) is 0 Å². The van der Waals surface area contributed by atoms with Gasteiger partial charge in [-0.2, -0.15) is 5.10 Å². The highest BCUT2D eigenvalue weighted by Gasteiger charge is 2.14. The average Bonchev–Trinajstić information content (AvgIpc) is 2.28. The van der Waals surface area contributed by atoms with Crippen molar-refractivity contribution in [3.63, 3.8) is 0 Å². The molecule has 1 aromatic heterocycles. The van der Waals surface area contributed by atoms with Gasteiger partial charge in [-0.3, -0.25) is 4.79 Å². The summed E-state index contributed by atoms with van der Waals surface area (Å²) in [5.74, 6) is 1.14. The fraction of sp³-hybridized carbons (Fsp3) is 0.286. The lowest BCUT2D eigenvalue weighted by molar-refractivity contribution is 0.473. The summed E-state index contributed by atoms with van der Waals surface area (Å²) in [6.45, 7) is 6.42. The Labute approximate surface area is 106 Å². The van der Waals surface area contributed by atoms with Crippen LogP contribution < -0.4 is 10.3 Å². The van der Waals surface area contributed by atoms with Crippen LogP contribution in [0.25, 0.3) is 0 Å². The molecule has 0 atom stereocenters. The average molecular weight is 244 g/mol. The molecule has 0 aliphatic carbocycles. The van der Waals surface area contributed by atoms with Crippen LogP contribution in [0.3, 0.4) is 0 Å². The van der Waals surface area contributed by atoms with Crippen molar-refractivity contribution >= 4 is 0 Å². The Morgan fingerprint density at radius 3 is 2.61 bits per heavy atom. The summed E-state index contributed by atoms with van der Waals surface area (Å²) in [4.78, 5) is 11.1. The minimum atomic E-state index is -0.278. The van der Waals surface area contributed by atoms with E-state index in [1.54, 1.807) is 0 Å². The summed E-state index contributed by atoms with van der Waals surface area (Å²) in [5.41, 5.74) is 0.962. The molecule has 0 bridgehead atoms. The molecule has 0 aliphatic heterocycles. The van der Waals surface area contributed by atoms with Gasteiger partial charge in [-0.15, -0.1) is 0 Å². The Balaban J connectivity index is 2.27. The second-order valence-electron chi connectivity index (χ2n) is 5.16. The molecule has 2 aromatic rings. The highest BCUT2D eigenvalue weighted by atomic mass is 16.5. The second-order valence-corrected chi connectivity index (χ2v) is 5.16. The lowest BCUT2D eigenvalue weighted by atomic mass is 9.87. The molecule has 0 saturated heterocycles.